The number of hydrogen-bond acceptors (Lipinski definition) is 4. The number of hydrogen-bond donors (Lipinski definition) is 2. The third-order valence-corrected chi connectivity index (χ3v) is 2.80. The van der Waals surface area contributed by atoms with Crippen molar-refractivity contribution < 1.29 is 14.3 Å². The fourth-order valence-electron chi connectivity index (χ4n) is 1.59. The van der Waals surface area contributed by atoms with Crippen LogP contribution in [0, 0.1) is 0 Å². The minimum atomic E-state index is -0.852. The first-order valence-electron chi connectivity index (χ1n) is 6.86. The van der Waals surface area contributed by atoms with E-state index in [2.05, 4.69) is 5.32 Å². The molecule has 1 rings (SSSR count). The molecule has 5 nitrogen and oxygen atoms in total. The molecule has 1 unspecified atom stereocenters. The van der Waals surface area contributed by atoms with Gasteiger partial charge in [0, 0.05) is 6.54 Å². The number of carbonyl (C=O) groups is 2. The molecule has 0 aromatic heterocycles. The van der Waals surface area contributed by atoms with E-state index < -0.39 is 12.0 Å². The Labute approximate surface area is 119 Å². The summed E-state index contributed by atoms with van der Waals surface area (Å²) in [5.41, 5.74) is 6.56. The number of amides is 1. The van der Waals surface area contributed by atoms with Gasteiger partial charge in [0.15, 0.2) is 0 Å². The van der Waals surface area contributed by atoms with Crippen molar-refractivity contribution in [1.82, 2.24) is 5.32 Å². The summed E-state index contributed by atoms with van der Waals surface area (Å²) in [4.78, 5) is 23.2. The van der Waals surface area contributed by atoms with Gasteiger partial charge in [-0.1, -0.05) is 43.7 Å². The highest BCUT2D eigenvalue weighted by molar-refractivity contribution is 5.86. The van der Waals surface area contributed by atoms with Crippen LogP contribution < -0.4 is 11.1 Å². The van der Waals surface area contributed by atoms with E-state index in [0.717, 1.165) is 18.4 Å². The van der Waals surface area contributed by atoms with E-state index in [9.17, 15) is 9.59 Å². The number of esters is 1. The summed E-state index contributed by atoms with van der Waals surface area (Å²) in [5, 5.41) is 2.69. The molecule has 1 atom stereocenters. The lowest BCUT2D eigenvalue weighted by Crippen LogP contribution is -2.42. The van der Waals surface area contributed by atoms with Crippen molar-refractivity contribution in [3.05, 3.63) is 35.9 Å². The number of carbonyl (C=O) groups excluding carboxylic acids is 2. The van der Waals surface area contributed by atoms with E-state index in [4.69, 9.17) is 10.5 Å². The van der Waals surface area contributed by atoms with Crippen LogP contribution in [0.5, 0.6) is 0 Å². The Bertz CT molecular complexity index is 420. The van der Waals surface area contributed by atoms with Gasteiger partial charge < -0.3 is 15.8 Å². The van der Waals surface area contributed by atoms with Crippen LogP contribution in [-0.4, -0.2) is 24.5 Å². The highest BCUT2D eigenvalue weighted by Crippen LogP contribution is 2.02. The molecule has 0 saturated heterocycles. The summed E-state index contributed by atoms with van der Waals surface area (Å²) >= 11 is 0. The third-order valence-electron chi connectivity index (χ3n) is 2.80. The van der Waals surface area contributed by atoms with Crippen LogP contribution in [0.1, 0.15) is 31.7 Å². The van der Waals surface area contributed by atoms with Gasteiger partial charge in [0.05, 0.1) is 12.5 Å². The molecule has 0 bridgehead atoms. The molecule has 0 spiro atoms. The fourth-order valence-corrected chi connectivity index (χ4v) is 1.59. The largest absolute Gasteiger partial charge is 0.461 e. The summed E-state index contributed by atoms with van der Waals surface area (Å²) in [5.74, 6) is -0.776. The van der Waals surface area contributed by atoms with E-state index in [-0.39, 0.29) is 18.9 Å². The van der Waals surface area contributed by atoms with E-state index in [1.165, 1.54) is 0 Å². The smallest absolute Gasteiger partial charge is 0.308 e. The van der Waals surface area contributed by atoms with Gasteiger partial charge in [-0.15, -0.1) is 0 Å². The highest BCUT2D eigenvalue weighted by Gasteiger charge is 2.17. The first kappa shape index (κ1) is 16.2. The van der Waals surface area contributed by atoms with Crippen molar-refractivity contribution in [1.29, 1.82) is 0 Å². The van der Waals surface area contributed by atoms with Gasteiger partial charge in [-0.25, -0.2) is 0 Å². The lowest BCUT2D eigenvalue weighted by atomic mass is 10.2. The molecule has 0 radical (unpaired) electrons. The molecule has 1 aromatic carbocycles. The van der Waals surface area contributed by atoms with E-state index in [0.29, 0.717) is 6.54 Å². The Hall–Kier alpha value is -1.88. The Morgan fingerprint density at radius 2 is 2.00 bits per heavy atom. The minimum Gasteiger partial charge on any atom is -0.461 e. The van der Waals surface area contributed by atoms with Crippen LogP contribution >= 0.6 is 0 Å². The predicted octanol–water partition coefficient (Wildman–Crippen LogP) is 1.36. The van der Waals surface area contributed by atoms with Crippen molar-refractivity contribution >= 4 is 11.9 Å². The molecular formula is C15H22N2O3. The normalized spacial score (nSPS) is 11.7. The average Bonchev–Trinajstić information content (AvgIpc) is 2.46. The van der Waals surface area contributed by atoms with Crippen molar-refractivity contribution in [2.24, 2.45) is 5.73 Å². The molecule has 0 saturated carbocycles. The maximum atomic E-state index is 11.6. The molecule has 20 heavy (non-hydrogen) atoms. The van der Waals surface area contributed by atoms with Gasteiger partial charge in [0.1, 0.15) is 6.61 Å². The van der Waals surface area contributed by atoms with Crippen LogP contribution in [0.4, 0.5) is 0 Å². The van der Waals surface area contributed by atoms with E-state index >= 15 is 0 Å². The molecule has 0 aliphatic rings. The summed E-state index contributed by atoms with van der Waals surface area (Å²) in [6.45, 7) is 2.82. The lowest BCUT2D eigenvalue weighted by Gasteiger charge is -2.11. The van der Waals surface area contributed by atoms with Crippen LogP contribution in [0.15, 0.2) is 30.3 Å². The standard InChI is InChI=1S/C15H22N2O3/c1-2-3-9-17-15(19)13(16)10-14(18)20-11-12-7-5-4-6-8-12/h4-8,13H,2-3,9-11,16H2,1H3,(H,17,19). The van der Waals surface area contributed by atoms with Gasteiger partial charge in [-0.3, -0.25) is 9.59 Å². The summed E-state index contributed by atoms with van der Waals surface area (Å²) in [6, 6.07) is 8.51. The van der Waals surface area contributed by atoms with Gasteiger partial charge in [0.25, 0.3) is 0 Å². The number of nitrogens with one attached hydrogen (secondary N) is 1. The zero-order chi connectivity index (χ0) is 14.8. The molecule has 0 aliphatic carbocycles. The Kier molecular flexibility index (Phi) is 7.35. The minimum absolute atomic E-state index is 0.106. The number of rotatable bonds is 8. The second-order valence-corrected chi connectivity index (χ2v) is 4.60. The first-order valence-corrected chi connectivity index (χ1v) is 6.86. The zero-order valence-electron chi connectivity index (χ0n) is 11.8. The van der Waals surface area contributed by atoms with Crippen molar-refractivity contribution in [2.75, 3.05) is 6.54 Å². The van der Waals surface area contributed by atoms with Crippen LogP contribution in [0.3, 0.4) is 0 Å². The predicted molar refractivity (Wildman–Crippen MR) is 76.7 cm³/mol. The molecule has 0 heterocycles. The van der Waals surface area contributed by atoms with Gasteiger partial charge in [-0.2, -0.15) is 0 Å². The van der Waals surface area contributed by atoms with Crippen LogP contribution in [0.2, 0.25) is 0 Å². The SMILES string of the molecule is CCCCNC(=O)C(N)CC(=O)OCc1ccccc1. The molecule has 110 valence electrons. The molecule has 5 heteroatoms. The van der Waals surface area contributed by atoms with Crippen molar-refractivity contribution in [3.8, 4) is 0 Å². The monoisotopic (exact) mass is 278 g/mol. The summed E-state index contributed by atoms with van der Waals surface area (Å²) < 4.78 is 5.08. The highest BCUT2D eigenvalue weighted by atomic mass is 16.5. The van der Waals surface area contributed by atoms with Gasteiger partial charge in [0.2, 0.25) is 5.91 Å². The molecule has 1 amide bonds. The summed E-state index contributed by atoms with van der Waals surface area (Å²) in [6.07, 6.45) is 1.79. The second-order valence-electron chi connectivity index (χ2n) is 4.60. The maximum Gasteiger partial charge on any atom is 0.308 e. The number of benzene rings is 1. The third kappa shape index (κ3) is 6.33. The van der Waals surface area contributed by atoms with E-state index in [1.807, 2.05) is 37.3 Å². The quantitative estimate of drug-likeness (QED) is 0.556. The Morgan fingerprint density at radius 3 is 2.65 bits per heavy atom. The van der Waals surface area contributed by atoms with Crippen LogP contribution in [-0.2, 0) is 20.9 Å². The molecule has 0 aliphatic heterocycles. The first-order chi connectivity index (χ1) is 9.63. The van der Waals surface area contributed by atoms with Crippen LogP contribution in [0.25, 0.3) is 0 Å². The lowest BCUT2D eigenvalue weighted by molar-refractivity contribution is -0.146. The van der Waals surface area contributed by atoms with Gasteiger partial charge >= 0.3 is 5.97 Å². The van der Waals surface area contributed by atoms with Crippen molar-refractivity contribution in [3.63, 3.8) is 0 Å². The molecule has 3 N–H and O–H groups in total. The molecular weight excluding hydrogens is 256 g/mol. The maximum absolute atomic E-state index is 11.6. The van der Waals surface area contributed by atoms with E-state index in [1.54, 1.807) is 0 Å². The number of nitrogens with two attached hydrogens (primary N) is 1. The fraction of sp³-hybridized carbons (Fsp3) is 0.467. The van der Waals surface area contributed by atoms with Gasteiger partial charge in [-0.05, 0) is 12.0 Å². The zero-order valence-corrected chi connectivity index (χ0v) is 11.8. The van der Waals surface area contributed by atoms with Crippen molar-refractivity contribution in [2.45, 2.75) is 38.8 Å². The average molecular weight is 278 g/mol. The Morgan fingerprint density at radius 1 is 1.30 bits per heavy atom. The summed E-state index contributed by atoms with van der Waals surface area (Å²) in [7, 11) is 0. The Balaban J connectivity index is 2.25. The molecule has 0 fully saturated rings. The number of unbranched alkanes of at least 4 members (excludes halogenated alkanes) is 1. The molecule has 1 aromatic rings. The number of ether oxygens (including phenoxy) is 1. The topological polar surface area (TPSA) is 81.4 Å². The second kappa shape index (κ2) is 9.09.